The molecule has 1 unspecified atom stereocenters. The van der Waals surface area contributed by atoms with Crippen molar-refractivity contribution in [2.45, 2.75) is 26.4 Å². The standard InChI is InChI=1S/C10H15NO3S/c1-7(10(12)13)3-4-8-6-15-9(11-8)5-14-2/h6-7H,3-5H2,1-2H3,(H,12,13). The monoisotopic (exact) mass is 229 g/mol. The van der Waals surface area contributed by atoms with Gasteiger partial charge in [0.1, 0.15) is 5.01 Å². The van der Waals surface area contributed by atoms with Crippen LogP contribution in [0.15, 0.2) is 5.38 Å². The molecule has 0 radical (unpaired) electrons. The number of aryl methyl sites for hydroxylation is 1. The van der Waals surface area contributed by atoms with E-state index in [1.807, 2.05) is 5.38 Å². The fourth-order valence-corrected chi connectivity index (χ4v) is 1.94. The lowest BCUT2D eigenvalue weighted by Crippen LogP contribution is -2.10. The molecular formula is C10H15NO3S. The molecule has 0 bridgehead atoms. The third kappa shape index (κ3) is 3.97. The first-order valence-corrected chi connectivity index (χ1v) is 5.66. The molecule has 1 aromatic heterocycles. The van der Waals surface area contributed by atoms with Gasteiger partial charge in [-0.15, -0.1) is 11.3 Å². The lowest BCUT2D eigenvalue weighted by Gasteiger charge is -2.02. The minimum Gasteiger partial charge on any atom is -0.481 e. The third-order valence-electron chi connectivity index (χ3n) is 2.12. The Balaban J connectivity index is 2.40. The molecule has 0 aliphatic carbocycles. The lowest BCUT2D eigenvalue weighted by molar-refractivity contribution is -0.141. The van der Waals surface area contributed by atoms with E-state index in [4.69, 9.17) is 9.84 Å². The van der Waals surface area contributed by atoms with Gasteiger partial charge in [-0.1, -0.05) is 6.92 Å². The number of ether oxygens (including phenoxy) is 1. The summed E-state index contributed by atoms with van der Waals surface area (Å²) in [6.07, 6.45) is 1.35. The smallest absolute Gasteiger partial charge is 0.306 e. The fourth-order valence-electron chi connectivity index (χ4n) is 1.14. The van der Waals surface area contributed by atoms with Gasteiger partial charge in [-0.05, 0) is 12.8 Å². The number of thiazole rings is 1. The first-order chi connectivity index (χ1) is 7.13. The Bertz CT molecular complexity index is 324. The highest BCUT2D eigenvalue weighted by molar-refractivity contribution is 7.09. The SMILES string of the molecule is COCc1nc(CCC(C)C(=O)O)cs1. The highest BCUT2D eigenvalue weighted by Gasteiger charge is 2.11. The van der Waals surface area contributed by atoms with Crippen molar-refractivity contribution in [3.63, 3.8) is 0 Å². The summed E-state index contributed by atoms with van der Waals surface area (Å²) in [5.41, 5.74) is 0.958. The van der Waals surface area contributed by atoms with Crippen LogP contribution in [0.1, 0.15) is 24.0 Å². The van der Waals surface area contributed by atoms with E-state index in [2.05, 4.69) is 4.98 Å². The molecule has 1 aromatic rings. The van der Waals surface area contributed by atoms with Gasteiger partial charge in [0.25, 0.3) is 0 Å². The summed E-state index contributed by atoms with van der Waals surface area (Å²) < 4.78 is 4.96. The zero-order valence-electron chi connectivity index (χ0n) is 8.90. The maximum Gasteiger partial charge on any atom is 0.306 e. The topological polar surface area (TPSA) is 59.4 Å². The van der Waals surface area contributed by atoms with Crippen molar-refractivity contribution in [3.05, 3.63) is 16.1 Å². The number of aliphatic carboxylic acids is 1. The predicted octanol–water partition coefficient (Wildman–Crippen LogP) is 1.94. The summed E-state index contributed by atoms with van der Waals surface area (Å²) in [7, 11) is 1.63. The number of carbonyl (C=O) groups is 1. The molecule has 15 heavy (non-hydrogen) atoms. The van der Waals surface area contributed by atoms with Crippen molar-refractivity contribution >= 4 is 17.3 Å². The van der Waals surface area contributed by atoms with E-state index in [1.54, 1.807) is 25.4 Å². The molecule has 0 saturated carbocycles. The number of rotatable bonds is 6. The van der Waals surface area contributed by atoms with Crippen LogP contribution in [-0.4, -0.2) is 23.2 Å². The zero-order valence-corrected chi connectivity index (χ0v) is 9.71. The zero-order chi connectivity index (χ0) is 11.3. The minimum atomic E-state index is -0.748. The van der Waals surface area contributed by atoms with Gasteiger partial charge in [-0.25, -0.2) is 4.98 Å². The number of methoxy groups -OCH3 is 1. The molecular weight excluding hydrogens is 214 g/mol. The average molecular weight is 229 g/mol. The number of aromatic nitrogens is 1. The Morgan fingerprint density at radius 2 is 2.47 bits per heavy atom. The molecule has 84 valence electrons. The molecule has 5 heteroatoms. The van der Waals surface area contributed by atoms with E-state index in [0.29, 0.717) is 19.4 Å². The summed E-state index contributed by atoms with van der Waals surface area (Å²) in [6, 6.07) is 0. The van der Waals surface area contributed by atoms with Crippen LogP contribution in [0.3, 0.4) is 0 Å². The minimum absolute atomic E-state index is 0.308. The summed E-state index contributed by atoms with van der Waals surface area (Å²) in [5, 5.41) is 11.6. The van der Waals surface area contributed by atoms with E-state index in [1.165, 1.54) is 0 Å². The van der Waals surface area contributed by atoms with E-state index >= 15 is 0 Å². The second kappa shape index (κ2) is 5.82. The molecule has 1 rings (SSSR count). The van der Waals surface area contributed by atoms with Gasteiger partial charge in [-0.2, -0.15) is 0 Å². The molecule has 0 amide bonds. The molecule has 1 N–H and O–H groups in total. The number of hydrogen-bond donors (Lipinski definition) is 1. The Hall–Kier alpha value is -0.940. The summed E-state index contributed by atoms with van der Waals surface area (Å²) in [6.45, 7) is 2.24. The maximum absolute atomic E-state index is 10.6. The van der Waals surface area contributed by atoms with Crippen LogP contribution in [0, 0.1) is 5.92 Å². The van der Waals surface area contributed by atoms with Crippen LogP contribution < -0.4 is 0 Å². The Labute approximate surface area is 92.9 Å². The molecule has 0 spiro atoms. The number of hydrogen-bond acceptors (Lipinski definition) is 4. The van der Waals surface area contributed by atoms with Crippen LogP contribution in [0.25, 0.3) is 0 Å². The fraction of sp³-hybridized carbons (Fsp3) is 0.600. The molecule has 0 aliphatic heterocycles. The van der Waals surface area contributed by atoms with Crippen LogP contribution in [-0.2, 0) is 22.6 Å². The molecule has 0 fully saturated rings. The lowest BCUT2D eigenvalue weighted by atomic mass is 10.1. The van der Waals surface area contributed by atoms with Crippen LogP contribution in [0.4, 0.5) is 0 Å². The Morgan fingerprint density at radius 3 is 3.07 bits per heavy atom. The molecule has 4 nitrogen and oxygen atoms in total. The maximum atomic E-state index is 10.6. The molecule has 0 aliphatic rings. The van der Waals surface area contributed by atoms with Gasteiger partial charge >= 0.3 is 5.97 Å². The van der Waals surface area contributed by atoms with E-state index in [9.17, 15) is 4.79 Å². The summed E-state index contributed by atoms with van der Waals surface area (Å²) in [5.74, 6) is -1.06. The molecule has 1 heterocycles. The first-order valence-electron chi connectivity index (χ1n) is 4.78. The largest absolute Gasteiger partial charge is 0.481 e. The Morgan fingerprint density at radius 1 is 1.73 bits per heavy atom. The molecule has 0 saturated heterocycles. The average Bonchev–Trinajstić information content (AvgIpc) is 2.62. The van der Waals surface area contributed by atoms with Crippen LogP contribution >= 0.6 is 11.3 Å². The second-order valence-corrected chi connectivity index (χ2v) is 4.39. The van der Waals surface area contributed by atoms with E-state index < -0.39 is 5.97 Å². The summed E-state index contributed by atoms with van der Waals surface area (Å²) >= 11 is 1.55. The molecule has 1 atom stereocenters. The van der Waals surface area contributed by atoms with Crippen LogP contribution in [0.5, 0.6) is 0 Å². The normalized spacial score (nSPS) is 12.7. The highest BCUT2D eigenvalue weighted by Crippen LogP contribution is 2.14. The van der Waals surface area contributed by atoms with Crippen molar-refractivity contribution < 1.29 is 14.6 Å². The van der Waals surface area contributed by atoms with Gasteiger partial charge in [-0.3, -0.25) is 4.79 Å². The second-order valence-electron chi connectivity index (χ2n) is 3.44. The van der Waals surface area contributed by atoms with E-state index in [0.717, 1.165) is 10.7 Å². The number of carboxylic acids is 1. The summed E-state index contributed by atoms with van der Waals surface area (Å²) in [4.78, 5) is 14.9. The third-order valence-corrected chi connectivity index (χ3v) is 2.99. The van der Waals surface area contributed by atoms with Gasteiger partial charge in [0.2, 0.25) is 0 Å². The highest BCUT2D eigenvalue weighted by atomic mass is 32.1. The Kier molecular flexibility index (Phi) is 4.71. The number of carboxylic acid groups (broad SMARTS) is 1. The van der Waals surface area contributed by atoms with Crippen molar-refractivity contribution in [1.82, 2.24) is 4.98 Å². The van der Waals surface area contributed by atoms with Crippen molar-refractivity contribution in [2.75, 3.05) is 7.11 Å². The van der Waals surface area contributed by atoms with Gasteiger partial charge < -0.3 is 9.84 Å². The van der Waals surface area contributed by atoms with Crippen LogP contribution in [0.2, 0.25) is 0 Å². The van der Waals surface area contributed by atoms with Crippen molar-refractivity contribution in [2.24, 2.45) is 5.92 Å². The first kappa shape index (κ1) is 12.1. The van der Waals surface area contributed by atoms with Crippen molar-refractivity contribution in [1.29, 1.82) is 0 Å². The van der Waals surface area contributed by atoms with Crippen molar-refractivity contribution in [3.8, 4) is 0 Å². The number of nitrogens with zero attached hydrogens (tertiary/aromatic N) is 1. The molecule has 0 aromatic carbocycles. The quantitative estimate of drug-likeness (QED) is 0.810. The predicted molar refractivity (Wildman–Crippen MR) is 57.9 cm³/mol. The van der Waals surface area contributed by atoms with Gasteiger partial charge in [0.05, 0.1) is 18.2 Å². The van der Waals surface area contributed by atoms with Gasteiger partial charge in [0.15, 0.2) is 0 Å². The van der Waals surface area contributed by atoms with Gasteiger partial charge in [0, 0.05) is 12.5 Å². The van der Waals surface area contributed by atoms with E-state index in [-0.39, 0.29) is 5.92 Å².